The van der Waals surface area contributed by atoms with E-state index in [0.29, 0.717) is 26.2 Å². The Morgan fingerprint density at radius 1 is 1.24 bits per heavy atom. The molecular weight excluding hydrogens is 405 g/mol. The van der Waals surface area contributed by atoms with Gasteiger partial charge in [0.05, 0.1) is 17.1 Å². The van der Waals surface area contributed by atoms with Crippen molar-refractivity contribution >= 4 is 29.0 Å². The second-order valence-corrected chi connectivity index (χ2v) is 6.88. The average Bonchev–Trinajstić information content (AvgIpc) is 2.71. The fraction of sp³-hybridized carbons (Fsp3) is 0.300. The molecule has 1 aromatic carbocycles. The highest BCUT2D eigenvalue weighted by Crippen LogP contribution is 2.33. The number of anilines is 2. The van der Waals surface area contributed by atoms with E-state index in [9.17, 15) is 18.0 Å². The number of hydrogen-bond acceptors (Lipinski definition) is 4. The first-order chi connectivity index (χ1) is 13.8. The van der Waals surface area contributed by atoms with Crippen molar-refractivity contribution in [1.82, 2.24) is 9.88 Å². The Kier molecular flexibility index (Phi) is 6.18. The van der Waals surface area contributed by atoms with Crippen molar-refractivity contribution in [3.63, 3.8) is 0 Å². The normalized spacial score (nSPS) is 14.4. The molecule has 152 valence electrons. The lowest BCUT2D eigenvalue weighted by Crippen LogP contribution is -2.50. The van der Waals surface area contributed by atoms with Crippen LogP contribution in [0, 0.1) is 12.3 Å². The molecule has 0 atom stereocenters. The van der Waals surface area contributed by atoms with Crippen molar-refractivity contribution < 1.29 is 18.0 Å². The molecule has 0 unspecified atom stereocenters. The lowest BCUT2D eigenvalue weighted by Gasteiger charge is -2.36. The molecule has 1 aliphatic rings. The van der Waals surface area contributed by atoms with Crippen LogP contribution in [-0.4, -0.2) is 48.5 Å². The van der Waals surface area contributed by atoms with Crippen molar-refractivity contribution in [3.8, 4) is 12.3 Å². The summed E-state index contributed by atoms with van der Waals surface area (Å²) in [5.74, 6) is 2.74. The number of pyridine rings is 1. The zero-order chi connectivity index (χ0) is 21.0. The predicted molar refractivity (Wildman–Crippen MR) is 106 cm³/mol. The smallest absolute Gasteiger partial charge is 0.376 e. The number of carbonyl (C=O) groups is 1. The van der Waals surface area contributed by atoms with E-state index >= 15 is 0 Å². The Balaban J connectivity index is 1.55. The van der Waals surface area contributed by atoms with Crippen LogP contribution in [0.4, 0.5) is 24.7 Å². The van der Waals surface area contributed by atoms with E-state index < -0.39 is 11.7 Å². The van der Waals surface area contributed by atoms with Gasteiger partial charge >= 0.3 is 6.18 Å². The third kappa shape index (κ3) is 5.12. The van der Waals surface area contributed by atoms with E-state index in [-0.39, 0.29) is 23.3 Å². The minimum atomic E-state index is -4.49. The predicted octanol–water partition coefficient (Wildman–Crippen LogP) is 3.50. The molecule has 0 saturated carbocycles. The summed E-state index contributed by atoms with van der Waals surface area (Å²) >= 11 is 6.00. The van der Waals surface area contributed by atoms with Crippen molar-refractivity contribution in [3.05, 3.63) is 52.7 Å². The Morgan fingerprint density at radius 3 is 2.59 bits per heavy atom. The molecule has 1 aliphatic heterocycles. The Hall–Kier alpha value is -2.92. The maximum absolute atomic E-state index is 12.7. The molecule has 3 rings (SSSR count). The molecule has 0 bridgehead atoms. The Morgan fingerprint density at radius 2 is 1.97 bits per heavy atom. The van der Waals surface area contributed by atoms with Crippen molar-refractivity contribution in [1.29, 1.82) is 0 Å². The second kappa shape index (κ2) is 8.62. The summed E-state index contributed by atoms with van der Waals surface area (Å²) in [6.45, 7) is 1.81. The number of hydrogen-bond donors (Lipinski definition) is 1. The first-order valence-electron chi connectivity index (χ1n) is 8.84. The van der Waals surface area contributed by atoms with Crippen LogP contribution >= 0.6 is 11.6 Å². The van der Waals surface area contributed by atoms with Gasteiger partial charge in [0.1, 0.15) is 5.82 Å². The Labute approximate surface area is 171 Å². The summed E-state index contributed by atoms with van der Waals surface area (Å²) in [7, 11) is 0. The lowest BCUT2D eigenvalue weighted by molar-refractivity contribution is -0.137. The highest BCUT2D eigenvalue weighted by atomic mass is 35.5. The third-order valence-corrected chi connectivity index (χ3v) is 4.83. The summed E-state index contributed by atoms with van der Waals surface area (Å²) < 4.78 is 38.2. The molecule has 0 radical (unpaired) electrons. The first-order valence-corrected chi connectivity index (χ1v) is 9.22. The molecule has 0 aliphatic carbocycles. The molecule has 1 aromatic heterocycles. The van der Waals surface area contributed by atoms with Crippen molar-refractivity contribution in [2.24, 2.45) is 0 Å². The number of alkyl halides is 3. The van der Waals surface area contributed by atoms with Crippen LogP contribution in [0.1, 0.15) is 11.1 Å². The molecule has 29 heavy (non-hydrogen) atoms. The Bertz CT molecular complexity index is 934. The first kappa shape index (κ1) is 20.8. The van der Waals surface area contributed by atoms with Gasteiger partial charge in [-0.05, 0) is 24.3 Å². The van der Waals surface area contributed by atoms with E-state index in [4.69, 9.17) is 18.0 Å². The minimum Gasteiger partial charge on any atom is -0.376 e. The maximum Gasteiger partial charge on any atom is 0.417 e. The molecule has 1 fully saturated rings. The van der Waals surface area contributed by atoms with Crippen LogP contribution in [0.5, 0.6) is 0 Å². The van der Waals surface area contributed by atoms with Crippen LogP contribution in [0.15, 0.2) is 36.5 Å². The lowest BCUT2D eigenvalue weighted by atomic mass is 10.2. The van der Waals surface area contributed by atoms with Gasteiger partial charge in [0.15, 0.2) is 0 Å². The molecule has 0 spiro atoms. The average molecular weight is 423 g/mol. The second-order valence-electron chi connectivity index (χ2n) is 6.47. The summed E-state index contributed by atoms with van der Waals surface area (Å²) in [6, 6.07) is 8.08. The quantitative estimate of drug-likeness (QED) is 0.766. The van der Waals surface area contributed by atoms with Gasteiger partial charge in [0, 0.05) is 43.6 Å². The van der Waals surface area contributed by atoms with Gasteiger partial charge in [-0.2, -0.15) is 13.2 Å². The van der Waals surface area contributed by atoms with Gasteiger partial charge in [-0.15, -0.1) is 6.42 Å². The van der Waals surface area contributed by atoms with Crippen LogP contribution in [-0.2, 0) is 11.0 Å². The van der Waals surface area contributed by atoms with Gasteiger partial charge in [-0.1, -0.05) is 23.6 Å². The SMILES string of the molecule is C#Cc1cccc(NCC(=O)N2CCN(c3ncc(C(F)(F)F)cc3Cl)CC2)c1. The van der Waals surface area contributed by atoms with E-state index in [1.807, 2.05) is 12.1 Å². The summed E-state index contributed by atoms with van der Waals surface area (Å²) in [6.07, 6.45) is 1.64. The van der Waals surface area contributed by atoms with Gasteiger partial charge in [0.25, 0.3) is 0 Å². The summed E-state index contributed by atoms with van der Waals surface area (Å²) in [5, 5.41) is 2.99. The number of nitrogens with zero attached hydrogens (tertiary/aromatic N) is 3. The molecule has 9 heteroatoms. The fourth-order valence-electron chi connectivity index (χ4n) is 2.99. The molecule has 2 heterocycles. The van der Waals surface area contributed by atoms with Gasteiger partial charge in [0.2, 0.25) is 5.91 Å². The highest BCUT2D eigenvalue weighted by molar-refractivity contribution is 6.33. The van der Waals surface area contributed by atoms with E-state index in [1.54, 1.807) is 21.9 Å². The van der Waals surface area contributed by atoms with Crippen molar-refractivity contribution in [2.75, 3.05) is 42.9 Å². The number of carbonyl (C=O) groups excluding carboxylic acids is 1. The molecule has 1 N–H and O–H groups in total. The van der Waals surface area contributed by atoms with Gasteiger partial charge < -0.3 is 15.1 Å². The van der Waals surface area contributed by atoms with E-state index in [1.165, 1.54) is 0 Å². The number of halogens is 4. The number of amides is 1. The molecule has 1 amide bonds. The van der Waals surface area contributed by atoms with Crippen molar-refractivity contribution in [2.45, 2.75) is 6.18 Å². The maximum atomic E-state index is 12.7. The number of piperazine rings is 1. The molecule has 2 aromatic rings. The number of rotatable bonds is 4. The number of aromatic nitrogens is 1. The fourth-order valence-corrected chi connectivity index (χ4v) is 3.28. The molecule has 5 nitrogen and oxygen atoms in total. The number of terminal acetylenes is 1. The number of nitrogens with one attached hydrogen (secondary N) is 1. The topological polar surface area (TPSA) is 48.5 Å². The highest BCUT2D eigenvalue weighted by Gasteiger charge is 2.32. The molecular formula is C20H18ClF3N4O. The minimum absolute atomic E-state index is 0.0605. The zero-order valence-corrected chi connectivity index (χ0v) is 16.1. The van der Waals surface area contributed by atoms with E-state index in [0.717, 1.165) is 23.5 Å². The monoisotopic (exact) mass is 422 g/mol. The summed E-state index contributed by atoms with van der Waals surface area (Å²) in [4.78, 5) is 19.8. The van der Waals surface area contributed by atoms with Crippen LogP contribution in [0.25, 0.3) is 0 Å². The van der Waals surface area contributed by atoms with E-state index in [2.05, 4.69) is 16.2 Å². The standard InChI is InChI=1S/C20H18ClF3N4O/c1-2-14-4-3-5-16(10-14)25-13-18(29)27-6-8-28(9-7-27)19-17(21)11-15(12-26-19)20(22,23)24/h1,3-5,10-12,25H,6-9,13H2. The van der Waals surface area contributed by atoms with Gasteiger partial charge in [-0.25, -0.2) is 4.98 Å². The van der Waals surface area contributed by atoms with Crippen LogP contribution in [0.2, 0.25) is 5.02 Å². The van der Waals surface area contributed by atoms with Crippen LogP contribution < -0.4 is 10.2 Å². The largest absolute Gasteiger partial charge is 0.417 e. The summed E-state index contributed by atoms with van der Waals surface area (Å²) in [5.41, 5.74) is 0.588. The number of benzene rings is 1. The van der Waals surface area contributed by atoms with Crippen LogP contribution in [0.3, 0.4) is 0 Å². The molecule has 1 saturated heterocycles. The third-order valence-electron chi connectivity index (χ3n) is 4.55. The van der Waals surface area contributed by atoms with Gasteiger partial charge in [-0.3, -0.25) is 4.79 Å². The zero-order valence-electron chi connectivity index (χ0n) is 15.3.